The number of nitrogens with one attached hydrogen (secondary N) is 1. The summed E-state index contributed by atoms with van der Waals surface area (Å²) in [5.74, 6) is 0. The van der Waals surface area contributed by atoms with Crippen LogP contribution in [-0.4, -0.2) is 26.0 Å². The number of thioether (sulfide) groups is 1. The van der Waals surface area contributed by atoms with Crippen molar-refractivity contribution >= 4 is 33.1 Å². The maximum atomic E-state index is 12.3. The number of hydrogen-bond donors (Lipinski definition) is 2. The van der Waals surface area contributed by atoms with E-state index in [0.717, 1.165) is 18.4 Å². The van der Waals surface area contributed by atoms with Gasteiger partial charge in [-0.15, -0.1) is 11.3 Å². The summed E-state index contributed by atoms with van der Waals surface area (Å²) >= 11 is 3.03. The molecular weight excluding hydrogens is 312 g/mol. The number of hydrogen-bond acceptors (Lipinski definition) is 5. The maximum absolute atomic E-state index is 12.3. The van der Waals surface area contributed by atoms with Crippen LogP contribution in [-0.2, 0) is 16.6 Å². The quantitative estimate of drug-likeness (QED) is 0.838. The Kier molecular flexibility index (Phi) is 5.53. The highest BCUT2D eigenvalue weighted by atomic mass is 32.2. The lowest BCUT2D eigenvalue weighted by Crippen LogP contribution is -2.41. The molecule has 0 aromatic carbocycles. The van der Waals surface area contributed by atoms with Gasteiger partial charge in [-0.1, -0.05) is 19.3 Å². The Hall–Kier alpha value is -0.0800. The SMILES string of the molecule is CSC1(CNS(=O)(=O)c2cc(CN)cs2)CCCCC1. The Labute approximate surface area is 129 Å². The van der Waals surface area contributed by atoms with Crippen molar-refractivity contribution in [3.63, 3.8) is 0 Å². The summed E-state index contributed by atoms with van der Waals surface area (Å²) < 4.78 is 27.9. The Morgan fingerprint density at radius 3 is 2.65 bits per heavy atom. The smallest absolute Gasteiger partial charge is 0.250 e. The Morgan fingerprint density at radius 2 is 2.10 bits per heavy atom. The lowest BCUT2D eigenvalue weighted by atomic mass is 9.88. The second kappa shape index (κ2) is 6.79. The van der Waals surface area contributed by atoms with Crippen molar-refractivity contribution in [2.75, 3.05) is 12.8 Å². The molecule has 0 bridgehead atoms. The molecule has 1 saturated carbocycles. The van der Waals surface area contributed by atoms with E-state index < -0.39 is 10.0 Å². The van der Waals surface area contributed by atoms with Gasteiger partial charge in [-0.05, 0) is 36.1 Å². The topological polar surface area (TPSA) is 72.2 Å². The average molecular weight is 335 g/mol. The van der Waals surface area contributed by atoms with Crippen molar-refractivity contribution in [2.24, 2.45) is 5.73 Å². The molecule has 114 valence electrons. The first-order chi connectivity index (χ1) is 9.51. The molecule has 1 heterocycles. The number of thiophene rings is 1. The highest BCUT2D eigenvalue weighted by Crippen LogP contribution is 2.38. The Balaban J connectivity index is 2.04. The van der Waals surface area contributed by atoms with Gasteiger partial charge in [0, 0.05) is 17.8 Å². The van der Waals surface area contributed by atoms with Crippen LogP contribution < -0.4 is 10.5 Å². The monoisotopic (exact) mass is 334 g/mol. The van der Waals surface area contributed by atoms with Crippen molar-refractivity contribution in [1.82, 2.24) is 4.72 Å². The highest BCUT2D eigenvalue weighted by molar-refractivity contribution is 8.00. The van der Waals surface area contributed by atoms with Crippen LogP contribution in [0, 0.1) is 0 Å². The zero-order chi connectivity index (χ0) is 14.6. The highest BCUT2D eigenvalue weighted by Gasteiger charge is 2.32. The van der Waals surface area contributed by atoms with Crippen molar-refractivity contribution < 1.29 is 8.42 Å². The van der Waals surface area contributed by atoms with Crippen molar-refractivity contribution in [3.8, 4) is 0 Å². The zero-order valence-corrected chi connectivity index (χ0v) is 14.2. The summed E-state index contributed by atoms with van der Waals surface area (Å²) in [7, 11) is -3.40. The first-order valence-corrected chi connectivity index (χ1v) is 10.4. The van der Waals surface area contributed by atoms with Crippen LogP contribution in [0.25, 0.3) is 0 Å². The van der Waals surface area contributed by atoms with E-state index >= 15 is 0 Å². The summed E-state index contributed by atoms with van der Waals surface area (Å²) in [6.07, 6.45) is 7.92. The van der Waals surface area contributed by atoms with Gasteiger partial charge in [0.05, 0.1) is 0 Å². The maximum Gasteiger partial charge on any atom is 0.250 e. The fraction of sp³-hybridized carbons (Fsp3) is 0.692. The number of rotatable bonds is 6. The van der Waals surface area contributed by atoms with Gasteiger partial charge < -0.3 is 5.73 Å². The number of sulfonamides is 1. The molecule has 0 atom stereocenters. The van der Waals surface area contributed by atoms with Gasteiger partial charge in [0.2, 0.25) is 10.0 Å². The molecule has 1 aliphatic rings. The second-order valence-electron chi connectivity index (χ2n) is 5.25. The molecule has 0 aliphatic heterocycles. The predicted octanol–water partition coefficient (Wildman–Crippen LogP) is 2.55. The fourth-order valence-electron chi connectivity index (χ4n) is 2.55. The molecule has 0 saturated heterocycles. The second-order valence-corrected chi connectivity index (χ2v) is 9.43. The molecular formula is C13H22N2O2S3. The van der Waals surface area contributed by atoms with E-state index in [0.29, 0.717) is 17.3 Å². The van der Waals surface area contributed by atoms with Gasteiger partial charge in [-0.25, -0.2) is 13.1 Å². The van der Waals surface area contributed by atoms with Gasteiger partial charge in [-0.3, -0.25) is 0 Å². The van der Waals surface area contributed by atoms with Gasteiger partial charge in [0.25, 0.3) is 0 Å². The van der Waals surface area contributed by atoms with E-state index in [1.807, 2.05) is 0 Å². The summed E-state index contributed by atoms with van der Waals surface area (Å²) in [6.45, 7) is 0.896. The summed E-state index contributed by atoms with van der Waals surface area (Å²) in [5, 5.41) is 1.81. The van der Waals surface area contributed by atoms with E-state index in [9.17, 15) is 8.42 Å². The molecule has 0 amide bonds. The third kappa shape index (κ3) is 3.76. The molecule has 1 aromatic rings. The summed E-state index contributed by atoms with van der Waals surface area (Å²) in [4.78, 5) is 0. The van der Waals surface area contributed by atoms with Gasteiger partial charge >= 0.3 is 0 Å². The van der Waals surface area contributed by atoms with Crippen LogP contribution in [0.3, 0.4) is 0 Å². The summed E-state index contributed by atoms with van der Waals surface area (Å²) in [5.41, 5.74) is 6.40. The largest absolute Gasteiger partial charge is 0.326 e. The lowest BCUT2D eigenvalue weighted by Gasteiger charge is -2.35. The van der Waals surface area contributed by atoms with Crippen LogP contribution in [0.15, 0.2) is 15.7 Å². The third-order valence-corrected chi connectivity index (χ3v) is 8.22. The molecule has 1 fully saturated rings. The molecule has 1 aliphatic carbocycles. The van der Waals surface area contributed by atoms with Crippen LogP contribution in [0.4, 0.5) is 0 Å². The predicted molar refractivity (Wildman–Crippen MR) is 86.7 cm³/mol. The molecule has 2 rings (SSSR count). The minimum absolute atomic E-state index is 0.0687. The first-order valence-electron chi connectivity index (χ1n) is 6.84. The molecule has 4 nitrogen and oxygen atoms in total. The van der Waals surface area contributed by atoms with Crippen LogP contribution in [0.1, 0.15) is 37.7 Å². The van der Waals surface area contributed by atoms with E-state index in [1.165, 1.54) is 30.6 Å². The lowest BCUT2D eigenvalue weighted by molar-refractivity contribution is 0.395. The van der Waals surface area contributed by atoms with Crippen LogP contribution >= 0.6 is 23.1 Å². The standard InChI is InChI=1S/C13H22N2O2S3/c1-18-13(5-3-2-4-6-13)10-15-20(16,17)12-7-11(8-14)9-19-12/h7,9,15H,2-6,8,10,14H2,1H3. The Bertz CT molecular complexity index is 534. The minimum atomic E-state index is -3.40. The van der Waals surface area contributed by atoms with Crippen molar-refractivity contribution in [3.05, 3.63) is 17.0 Å². The van der Waals surface area contributed by atoms with Crippen molar-refractivity contribution in [2.45, 2.75) is 47.6 Å². The zero-order valence-electron chi connectivity index (χ0n) is 11.7. The normalized spacial score (nSPS) is 19.1. The van der Waals surface area contributed by atoms with Crippen LogP contribution in [0.2, 0.25) is 0 Å². The fourth-order valence-corrected chi connectivity index (χ4v) is 5.95. The molecule has 0 unspecified atom stereocenters. The van der Waals surface area contributed by atoms with E-state index in [-0.39, 0.29) is 4.75 Å². The van der Waals surface area contributed by atoms with E-state index in [1.54, 1.807) is 23.2 Å². The van der Waals surface area contributed by atoms with Gasteiger partial charge in [0.15, 0.2) is 0 Å². The molecule has 20 heavy (non-hydrogen) atoms. The molecule has 0 spiro atoms. The van der Waals surface area contributed by atoms with E-state index in [2.05, 4.69) is 11.0 Å². The Morgan fingerprint density at radius 1 is 1.40 bits per heavy atom. The van der Waals surface area contributed by atoms with Crippen LogP contribution in [0.5, 0.6) is 0 Å². The minimum Gasteiger partial charge on any atom is -0.326 e. The van der Waals surface area contributed by atoms with Gasteiger partial charge in [-0.2, -0.15) is 11.8 Å². The van der Waals surface area contributed by atoms with E-state index in [4.69, 9.17) is 5.73 Å². The molecule has 7 heteroatoms. The first kappa shape index (κ1) is 16.3. The summed E-state index contributed by atoms with van der Waals surface area (Å²) in [6, 6.07) is 1.67. The third-order valence-electron chi connectivity index (χ3n) is 3.91. The number of nitrogens with two attached hydrogens (primary N) is 1. The van der Waals surface area contributed by atoms with Gasteiger partial charge in [0.1, 0.15) is 4.21 Å². The van der Waals surface area contributed by atoms with Crippen molar-refractivity contribution in [1.29, 1.82) is 0 Å². The molecule has 3 N–H and O–H groups in total. The average Bonchev–Trinajstić information content (AvgIpc) is 2.96. The molecule has 1 aromatic heterocycles. The molecule has 0 radical (unpaired) electrons.